The van der Waals surface area contributed by atoms with Gasteiger partial charge in [0, 0.05) is 67.6 Å². The zero-order valence-corrected chi connectivity index (χ0v) is 32.6. The molecule has 5 heterocycles. The molecule has 8 rings (SSSR count). The highest BCUT2D eigenvalue weighted by atomic mass is 16.5. The Morgan fingerprint density at radius 1 is 0.850 bits per heavy atom. The van der Waals surface area contributed by atoms with Crippen LogP contribution in [0.4, 0.5) is 17.3 Å². The van der Waals surface area contributed by atoms with Crippen molar-refractivity contribution >= 4 is 69.6 Å². The summed E-state index contributed by atoms with van der Waals surface area (Å²) in [6.45, 7) is 0.178. The minimum Gasteiger partial charge on any atom is -0.483 e. The molecule has 0 radical (unpaired) electrons. The molecule has 1 unspecified atom stereocenters. The summed E-state index contributed by atoms with van der Waals surface area (Å²) in [4.78, 5) is 103. The number of hydrogen-bond donors (Lipinski definition) is 6. The normalized spacial score (nSPS) is 19.9. The summed E-state index contributed by atoms with van der Waals surface area (Å²) in [6.07, 6.45) is 10.1. The standard InChI is InChI=1S/C42H44N10O8/c53-35-14-12-31(40(57)51-35)52-41(58)27-3-1-4-32(37(27)42(52)59)60-22-36(54)44-16-2-17-45-38(55)23-5-8-26(9-6-23)48-39(56)28-21-46-34(19-30(28)47-25-10-11-25)50-33-13-7-24-20-43-18-15-29(24)49-33/h1,3-4,7,13,15,18-21,23,25-26,31H,2,5-6,8-12,14,16-17,22H2,(H,44,54)(H,45,55)(H,48,56)(H,51,53,57)(H2,46,47,49,50). The Bertz CT molecular complexity index is 2380. The Balaban J connectivity index is 0.745. The minimum atomic E-state index is -1.12. The second kappa shape index (κ2) is 17.5. The number of benzene rings is 1. The van der Waals surface area contributed by atoms with Crippen LogP contribution in [0.2, 0.25) is 0 Å². The quantitative estimate of drug-likeness (QED) is 0.0748. The van der Waals surface area contributed by atoms with Crippen LogP contribution >= 0.6 is 0 Å². The zero-order valence-electron chi connectivity index (χ0n) is 32.6. The Labute approximate surface area is 344 Å². The fourth-order valence-corrected chi connectivity index (χ4v) is 7.67. The van der Waals surface area contributed by atoms with E-state index in [4.69, 9.17) is 4.74 Å². The highest BCUT2D eigenvalue weighted by Crippen LogP contribution is 2.34. The molecule has 7 amide bonds. The first-order valence-corrected chi connectivity index (χ1v) is 20.2. The Morgan fingerprint density at radius 2 is 1.65 bits per heavy atom. The number of carbonyl (C=O) groups excluding carboxylic acids is 7. The number of fused-ring (bicyclic) bond motifs is 2. The lowest BCUT2D eigenvalue weighted by Crippen LogP contribution is -2.54. The number of ether oxygens (including phenoxy) is 1. The number of anilines is 3. The van der Waals surface area contributed by atoms with Crippen molar-refractivity contribution in [3.63, 3.8) is 0 Å². The van der Waals surface area contributed by atoms with Gasteiger partial charge >= 0.3 is 0 Å². The van der Waals surface area contributed by atoms with E-state index >= 15 is 0 Å². The fourth-order valence-electron chi connectivity index (χ4n) is 7.67. The van der Waals surface area contributed by atoms with E-state index in [2.05, 4.69) is 46.9 Å². The first-order valence-electron chi connectivity index (χ1n) is 20.2. The van der Waals surface area contributed by atoms with Crippen LogP contribution in [-0.2, 0) is 19.2 Å². The van der Waals surface area contributed by atoms with E-state index in [0.29, 0.717) is 67.6 Å². The third-order valence-corrected chi connectivity index (χ3v) is 11.0. The van der Waals surface area contributed by atoms with Gasteiger partial charge in [-0.25, -0.2) is 9.97 Å². The maximum atomic E-state index is 13.5. The van der Waals surface area contributed by atoms with Crippen LogP contribution in [-0.4, -0.2) is 99.0 Å². The zero-order chi connectivity index (χ0) is 41.8. The molecule has 18 heteroatoms. The molecule has 60 heavy (non-hydrogen) atoms. The van der Waals surface area contributed by atoms with Crippen molar-refractivity contribution in [2.45, 2.75) is 75.9 Å². The molecule has 3 fully saturated rings. The third kappa shape index (κ3) is 9.01. The van der Waals surface area contributed by atoms with Gasteiger partial charge in [0.25, 0.3) is 23.6 Å². The summed E-state index contributed by atoms with van der Waals surface area (Å²) in [5.41, 5.74) is 1.97. The monoisotopic (exact) mass is 816 g/mol. The van der Waals surface area contributed by atoms with Gasteiger partial charge in [0.2, 0.25) is 17.7 Å². The van der Waals surface area contributed by atoms with Crippen LogP contribution in [0.1, 0.15) is 88.9 Å². The van der Waals surface area contributed by atoms with Crippen LogP contribution in [0, 0.1) is 5.92 Å². The van der Waals surface area contributed by atoms with Crippen LogP contribution < -0.4 is 36.6 Å². The maximum absolute atomic E-state index is 13.5. The largest absolute Gasteiger partial charge is 0.483 e. The maximum Gasteiger partial charge on any atom is 0.266 e. The van der Waals surface area contributed by atoms with Crippen molar-refractivity contribution in [2.75, 3.05) is 30.3 Å². The van der Waals surface area contributed by atoms with Gasteiger partial charge in [-0.2, -0.15) is 0 Å². The number of nitrogens with one attached hydrogen (secondary N) is 6. The van der Waals surface area contributed by atoms with E-state index in [1.165, 1.54) is 18.2 Å². The second-order valence-corrected chi connectivity index (χ2v) is 15.4. The number of pyridine rings is 3. The second-order valence-electron chi connectivity index (χ2n) is 15.4. The summed E-state index contributed by atoms with van der Waals surface area (Å²) in [7, 11) is 0. The minimum absolute atomic E-state index is 0.00122. The van der Waals surface area contributed by atoms with E-state index in [1.54, 1.807) is 18.6 Å². The summed E-state index contributed by atoms with van der Waals surface area (Å²) in [5, 5.41) is 18.6. The highest BCUT2D eigenvalue weighted by Gasteiger charge is 2.46. The SMILES string of the molecule is O=C(COc1cccc2c1C(=O)N(C1CCC(=O)NC1=O)C2=O)NCCCNC(=O)C1CCC(NC(=O)c2cnc(Nc3ccc4cnccc4n3)cc2NC2CC2)CC1. The number of aromatic nitrogens is 3. The first-order chi connectivity index (χ1) is 29.1. The lowest BCUT2D eigenvalue weighted by atomic mass is 9.85. The molecule has 310 valence electrons. The van der Waals surface area contributed by atoms with E-state index in [1.807, 2.05) is 24.3 Å². The van der Waals surface area contributed by atoms with Crippen molar-refractivity contribution in [3.05, 3.63) is 77.7 Å². The first kappa shape index (κ1) is 39.8. The topological polar surface area (TPSA) is 243 Å². The van der Waals surface area contributed by atoms with E-state index < -0.39 is 42.2 Å². The van der Waals surface area contributed by atoms with Gasteiger partial charge in [-0.1, -0.05) is 6.07 Å². The van der Waals surface area contributed by atoms with Crippen molar-refractivity contribution in [1.82, 2.24) is 41.1 Å². The summed E-state index contributed by atoms with van der Waals surface area (Å²) in [5.74, 6) is -2.32. The Morgan fingerprint density at radius 3 is 2.45 bits per heavy atom. The molecule has 6 N–H and O–H groups in total. The van der Waals surface area contributed by atoms with Gasteiger partial charge in [-0.15, -0.1) is 0 Å². The summed E-state index contributed by atoms with van der Waals surface area (Å²) < 4.78 is 5.63. The fraction of sp³-hybridized carbons (Fsp3) is 0.381. The predicted octanol–water partition coefficient (Wildman–Crippen LogP) is 2.73. The van der Waals surface area contributed by atoms with Gasteiger partial charge in [0.05, 0.1) is 27.9 Å². The van der Waals surface area contributed by atoms with Gasteiger partial charge in [-0.3, -0.25) is 48.8 Å². The molecular weight excluding hydrogens is 773 g/mol. The van der Waals surface area contributed by atoms with E-state index in [9.17, 15) is 33.6 Å². The highest BCUT2D eigenvalue weighted by molar-refractivity contribution is 6.24. The van der Waals surface area contributed by atoms with Crippen molar-refractivity contribution < 1.29 is 38.3 Å². The molecule has 2 aliphatic carbocycles. The molecule has 4 aliphatic rings. The molecule has 1 aromatic carbocycles. The van der Waals surface area contributed by atoms with Gasteiger partial charge in [0.15, 0.2) is 6.61 Å². The summed E-state index contributed by atoms with van der Waals surface area (Å²) in [6, 6.07) is 11.0. The number of hydrogen-bond acceptors (Lipinski definition) is 13. The lowest BCUT2D eigenvalue weighted by molar-refractivity contribution is -0.136. The third-order valence-electron chi connectivity index (χ3n) is 11.0. The molecule has 3 aromatic heterocycles. The van der Waals surface area contributed by atoms with Gasteiger partial charge in [0.1, 0.15) is 23.4 Å². The van der Waals surface area contributed by atoms with Crippen molar-refractivity contribution in [2.24, 2.45) is 5.92 Å². The molecule has 18 nitrogen and oxygen atoms in total. The molecule has 0 bridgehead atoms. The van der Waals surface area contributed by atoms with Crippen LogP contribution in [0.15, 0.2) is 61.1 Å². The van der Waals surface area contributed by atoms with Crippen molar-refractivity contribution in [3.8, 4) is 5.75 Å². The molecule has 1 saturated heterocycles. The van der Waals surface area contributed by atoms with Gasteiger partial charge < -0.3 is 31.3 Å². The number of nitrogens with zero attached hydrogens (tertiary/aromatic N) is 4. The number of imide groups is 2. The van der Waals surface area contributed by atoms with E-state index in [-0.39, 0.29) is 60.0 Å². The molecule has 2 saturated carbocycles. The van der Waals surface area contributed by atoms with Crippen LogP contribution in [0.3, 0.4) is 0 Å². The average Bonchev–Trinajstić information content (AvgIpc) is 4.03. The number of amides is 7. The lowest BCUT2D eigenvalue weighted by Gasteiger charge is -2.28. The predicted molar refractivity (Wildman–Crippen MR) is 216 cm³/mol. The average molecular weight is 817 g/mol. The van der Waals surface area contributed by atoms with Gasteiger partial charge in [-0.05, 0) is 81.7 Å². The molecule has 4 aromatic rings. The number of piperidine rings is 1. The van der Waals surface area contributed by atoms with Crippen LogP contribution in [0.5, 0.6) is 5.75 Å². The Kier molecular flexibility index (Phi) is 11.6. The Hall–Kier alpha value is -6.98. The molecule has 2 aliphatic heterocycles. The molecule has 0 spiro atoms. The number of rotatable bonds is 15. The van der Waals surface area contributed by atoms with Crippen LogP contribution in [0.25, 0.3) is 10.9 Å². The molecular formula is C42H44N10O8. The summed E-state index contributed by atoms with van der Waals surface area (Å²) >= 11 is 0. The van der Waals surface area contributed by atoms with Crippen molar-refractivity contribution in [1.29, 1.82) is 0 Å². The smallest absolute Gasteiger partial charge is 0.266 e. The number of carbonyl (C=O) groups is 7. The molecule has 1 atom stereocenters. The van der Waals surface area contributed by atoms with E-state index in [0.717, 1.165) is 28.6 Å².